The number of amides is 1. The highest BCUT2D eigenvalue weighted by Crippen LogP contribution is 2.48. The Balaban J connectivity index is 1.78. The van der Waals surface area contributed by atoms with Crippen molar-refractivity contribution in [2.45, 2.75) is 31.7 Å². The highest BCUT2D eigenvalue weighted by molar-refractivity contribution is 7.81. The maximum Gasteiger partial charge on any atom is 0.259 e. The largest absolute Gasteiger partial charge is 0.303 e. The van der Waals surface area contributed by atoms with E-state index in [1.165, 1.54) is 0 Å². The number of carbonyl (C=O) groups is 2. The molecule has 5 nitrogen and oxygen atoms in total. The number of hydrogen-bond donors (Lipinski definition) is 0. The highest BCUT2D eigenvalue weighted by Gasteiger charge is 2.59. The van der Waals surface area contributed by atoms with E-state index in [9.17, 15) is 9.59 Å². The molecule has 2 aromatic rings. The first-order chi connectivity index (χ1) is 13.0. The van der Waals surface area contributed by atoms with E-state index >= 15 is 0 Å². The molecular weight excluding hydrogens is 358 g/mol. The van der Waals surface area contributed by atoms with Gasteiger partial charge in [-0.1, -0.05) is 6.07 Å². The van der Waals surface area contributed by atoms with Gasteiger partial charge in [-0.15, -0.1) is 0 Å². The molecule has 0 bridgehead atoms. The Hall–Kier alpha value is -3.04. The van der Waals surface area contributed by atoms with E-state index in [0.29, 0.717) is 22.1 Å². The van der Waals surface area contributed by atoms with E-state index in [-0.39, 0.29) is 5.91 Å². The maximum atomic E-state index is 13.4. The monoisotopic (exact) mass is 375 g/mol. The van der Waals surface area contributed by atoms with Gasteiger partial charge in [-0.3, -0.25) is 14.5 Å². The Bertz CT molecular complexity index is 1000. The van der Waals surface area contributed by atoms with Crippen molar-refractivity contribution in [3.8, 4) is 0 Å². The third kappa shape index (κ3) is 2.47. The molecule has 0 unspecified atom stereocenters. The standard InChI is InChI=1S/C21H17N3O2S/c1-14-12-17(8-9-18(14)22-2)23-19(26)21(10-3-11-21)24(20(23)27)16-6-4-15(13-25)5-7-16/h4-9,12-13H,3,10-11H2,1H3. The Morgan fingerprint density at radius 3 is 2.33 bits per heavy atom. The molecular formula is C21H17N3O2S. The summed E-state index contributed by atoms with van der Waals surface area (Å²) >= 11 is 5.72. The van der Waals surface area contributed by atoms with Gasteiger partial charge >= 0.3 is 0 Å². The molecule has 1 saturated heterocycles. The molecule has 1 saturated carbocycles. The molecule has 4 rings (SSSR count). The number of aryl methyl sites for hydroxylation is 1. The van der Waals surface area contributed by atoms with E-state index < -0.39 is 5.54 Å². The molecule has 0 aromatic heterocycles. The minimum absolute atomic E-state index is 0.0202. The second-order valence-corrected chi connectivity index (χ2v) is 7.30. The lowest BCUT2D eigenvalue weighted by molar-refractivity contribution is -0.123. The summed E-state index contributed by atoms with van der Waals surface area (Å²) in [7, 11) is 0. The number of hydrogen-bond acceptors (Lipinski definition) is 3. The Labute approximate surface area is 163 Å². The summed E-state index contributed by atoms with van der Waals surface area (Å²) in [4.78, 5) is 31.3. The van der Waals surface area contributed by atoms with Gasteiger partial charge < -0.3 is 4.90 Å². The van der Waals surface area contributed by atoms with Gasteiger partial charge in [0.1, 0.15) is 11.8 Å². The predicted octanol–water partition coefficient (Wildman–Crippen LogP) is 4.42. The van der Waals surface area contributed by atoms with Crippen LogP contribution in [0.3, 0.4) is 0 Å². The van der Waals surface area contributed by atoms with Crippen LogP contribution >= 0.6 is 12.2 Å². The molecule has 1 spiro atoms. The fourth-order valence-electron chi connectivity index (χ4n) is 3.81. The number of carbonyl (C=O) groups excluding carboxylic acids is 2. The van der Waals surface area contributed by atoms with Crippen molar-refractivity contribution in [2.24, 2.45) is 0 Å². The summed E-state index contributed by atoms with van der Waals surface area (Å²) in [5.74, 6) is -0.0202. The van der Waals surface area contributed by atoms with Gasteiger partial charge in [-0.05, 0) is 80.4 Å². The number of nitrogens with zero attached hydrogens (tertiary/aromatic N) is 3. The molecule has 134 valence electrons. The fraction of sp³-hybridized carbons (Fsp3) is 0.238. The number of rotatable bonds is 3. The third-order valence-electron chi connectivity index (χ3n) is 5.44. The Kier molecular flexibility index (Phi) is 4.05. The topological polar surface area (TPSA) is 45.0 Å². The summed E-state index contributed by atoms with van der Waals surface area (Å²) in [6, 6.07) is 12.5. The maximum absolute atomic E-state index is 13.4. The molecule has 0 atom stereocenters. The normalized spacial score (nSPS) is 17.8. The van der Waals surface area contributed by atoms with Crippen molar-refractivity contribution in [1.29, 1.82) is 0 Å². The van der Waals surface area contributed by atoms with Crippen LogP contribution in [0, 0.1) is 13.5 Å². The first-order valence-corrected chi connectivity index (χ1v) is 9.15. The summed E-state index contributed by atoms with van der Waals surface area (Å²) in [6.07, 6.45) is 3.26. The summed E-state index contributed by atoms with van der Waals surface area (Å²) in [5.41, 5.74) is 2.82. The highest BCUT2D eigenvalue weighted by atomic mass is 32.1. The van der Waals surface area contributed by atoms with Gasteiger partial charge in [0, 0.05) is 16.9 Å². The first-order valence-electron chi connectivity index (χ1n) is 8.74. The molecule has 1 amide bonds. The van der Waals surface area contributed by atoms with E-state index in [2.05, 4.69) is 4.85 Å². The van der Waals surface area contributed by atoms with Gasteiger partial charge in [0.05, 0.1) is 6.57 Å². The minimum atomic E-state index is -0.647. The van der Waals surface area contributed by atoms with Gasteiger partial charge in [-0.25, -0.2) is 4.85 Å². The van der Waals surface area contributed by atoms with Gasteiger partial charge in [0.2, 0.25) is 0 Å². The average molecular weight is 375 g/mol. The number of benzene rings is 2. The Morgan fingerprint density at radius 1 is 1.15 bits per heavy atom. The zero-order chi connectivity index (χ0) is 19.2. The smallest absolute Gasteiger partial charge is 0.259 e. The van der Waals surface area contributed by atoms with Crippen LogP contribution in [0.5, 0.6) is 0 Å². The fourth-order valence-corrected chi connectivity index (χ4v) is 4.28. The number of anilines is 2. The first kappa shape index (κ1) is 17.4. The second-order valence-electron chi connectivity index (χ2n) is 6.94. The molecule has 1 aliphatic heterocycles. The van der Waals surface area contributed by atoms with Crippen LogP contribution in [-0.2, 0) is 4.79 Å². The van der Waals surface area contributed by atoms with E-state index in [4.69, 9.17) is 18.8 Å². The predicted molar refractivity (Wildman–Crippen MR) is 108 cm³/mol. The van der Waals surface area contributed by atoms with Gasteiger partial charge in [0.15, 0.2) is 10.8 Å². The lowest BCUT2D eigenvalue weighted by atomic mass is 9.75. The van der Waals surface area contributed by atoms with Crippen molar-refractivity contribution in [3.05, 3.63) is 65.0 Å². The van der Waals surface area contributed by atoms with Crippen molar-refractivity contribution < 1.29 is 9.59 Å². The zero-order valence-corrected chi connectivity index (χ0v) is 15.6. The van der Waals surface area contributed by atoms with Crippen molar-refractivity contribution in [3.63, 3.8) is 0 Å². The number of aldehydes is 1. The molecule has 0 radical (unpaired) electrons. The van der Waals surface area contributed by atoms with Crippen LogP contribution in [0.15, 0.2) is 42.5 Å². The van der Waals surface area contributed by atoms with Crippen molar-refractivity contribution in [1.82, 2.24) is 0 Å². The van der Waals surface area contributed by atoms with Crippen LogP contribution in [0.2, 0.25) is 0 Å². The van der Waals surface area contributed by atoms with Crippen molar-refractivity contribution in [2.75, 3.05) is 9.80 Å². The lowest BCUT2D eigenvalue weighted by Crippen LogP contribution is -2.55. The second kappa shape index (κ2) is 6.29. The molecule has 2 aromatic carbocycles. The summed E-state index contributed by atoms with van der Waals surface area (Å²) < 4.78 is 0. The van der Waals surface area contributed by atoms with Crippen LogP contribution < -0.4 is 9.80 Å². The molecule has 1 heterocycles. The quantitative estimate of drug-likeness (QED) is 0.453. The average Bonchev–Trinajstić information content (AvgIpc) is 2.88. The molecule has 1 aliphatic carbocycles. The van der Waals surface area contributed by atoms with Crippen molar-refractivity contribution >= 4 is 46.6 Å². The third-order valence-corrected chi connectivity index (χ3v) is 5.80. The summed E-state index contributed by atoms with van der Waals surface area (Å²) in [5, 5.41) is 0.438. The van der Waals surface area contributed by atoms with Gasteiger partial charge in [-0.2, -0.15) is 0 Å². The molecule has 2 aliphatic rings. The van der Waals surface area contributed by atoms with E-state index in [0.717, 1.165) is 36.8 Å². The zero-order valence-electron chi connectivity index (χ0n) is 14.8. The van der Waals surface area contributed by atoms with Gasteiger partial charge in [0.25, 0.3) is 5.91 Å². The van der Waals surface area contributed by atoms with Crippen LogP contribution in [-0.4, -0.2) is 22.8 Å². The van der Waals surface area contributed by atoms with Crippen LogP contribution in [0.1, 0.15) is 35.2 Å². The molecule has 2 fully saturated rings. The SMILES string of the molecule is [C-]#[N+]c1ccc(N2C(=O)C3(CCC3)N(c3ccc(C=O)cc3)C2=S)cc1C. The molecule has 6 heteroatoms. The number of thiocarbonyl (C=S) groups is 1. The van der Waals surface area contributed by atoms with Crippen LogP contribution in [0.25, 0.3) is 4.85 Å². The molecule has 0 N–H and O–H groups in total. The molecule has 27 heavy (non-hydrogen) atoms. The lowest BCUT2D eigenvalue weighted by Gasteiger charge is -2.43. The van der Waals surface area contributed by atoms with E-state index in [1.807, 2.05) is 30.0 Å². The Morgan fingerprint density at radius 2 is 1.81 bits per heavy atom. The minimum Gasteiger partial charge on any atom is -0.303 e. The van der Waals surface area contributed by atoms with E-state index in [1.54, 1.807) is 29.2 Å². The summed E-state index contributed by atoms with van der Waals surface area (Å²) in [6.45, 7) is 9.07. The van der Waals surface area contributed by atoms with Crippen LogP contribution in [0.4, 0.5) is 17.1 Å².